The highest BCUT2D eigenvalue weighted by Gasteiger charge is 2.23. The van der Waals surface area contributed by atoms with Crippen molar-refractivity contribution >= 4 is 17.9 Å². The van der Waals surface area contributed by atoms with Crippen LogP contribution in [0.2, 0.25) is 0 Å². The first-order valence-electron chi connectivity index (χ1n) is 8.44. The van der Waals surface area contributed by atoms with E-state index in [1.807, 2.05) is 13.0 Å². The maximum absolute atomic E-state index is 11.7. The van der Waals surface area contributed by atoms with E-state index in [9.17, 15) is 4.79 Å². The Kier molecular flexibility index (Phi) is 6.43. The second-order valence-corrected chi connectivity index (χ2v) is 5.52. The molecule has 7 nitrogen and oxygen atoms in total. The lowest BCUT2D eigenvalue weighted by molar-refractivity contribution is 0.0983. The number of nitrogens with zero attached hydrogens (tertiary/aromatic N) is 4. The molecule has 0 radical (unpaired) electrons. The molecular weight excluding hydrogens is 294 g/mol. The van der Waals surface area contributed by atoms with E-state index in [0.717, 1.165) is 37.7 Å². The van der Waals surface area contributed by atoms with Crippen LogP contribution in [0.3, 0.4) is 0 Å². The zero-order valence-corrected chi connectivity index (χ0v) is 14.3. The third kappa shape index (κ3) is 4.71. The van der Waals surface area contributed by atoms with Gasteiger partial charge in [0.2, 0.25) is 5.95 Å². The molecule has 2 heterocycles. The Morgan fingerprint density at radius 3 is 2.65 bits per heavy atom. The number of carbonyl (C=O) groups is 1. The number of anilines is 2. The van der Waals surface area contributed by atoms with Gasteiger partial charge in [-0.2, -0.15) is 4.98 Å². The van der Waals surface area contributed by atoms with Crippen LogP contribution in [0.1, 0.15) is 33.6 Å². The second kappa shape index (κ2) is 8.55. The molecule has 2 rings (SSSR count). The fourth-order valence-corrected chi connectivity index (χ4v) is 2.72. The van der Waals surface area contributed by atoms with Crippen LogP contribution in [0.5, 0.6) is 0 Å². The summed E-state index contributed by atoms with van der Waals surface area (Å²) in [6, 6.07) is 2.21. The van der Waals surface area contributed by atoms with E-state index in [1.54, 1.807) is 11.1 Å². The van der Waals surface area contributed by atoms with Gasteiger partial charge >= 0.3 is 6.09 Å². The normalized spacial score (nSPS) is 15.3. The maximum atomic E-state index is 11.7. The van der Waals surface area contributed by atoms with Gasteiger partial charge in [-0.15, -0.1) is 0 Å². The molecule has 1 aromatic rings. The summed E-state index contributed by atoms with van der Waals surface area (Å²) in [4.78, 5) is 24.5. The van der Waals surface area contributed by atoms with Crippen molar-refractivity contribution in [2.75, 3.05) is 43.0 Å². The molecule has 0 bridgehead atoms. The Morgan fingerprint density at radius 2 is 2.04 bits per heavy atom. The molecule has 1 fully saturated rings. The zero-order chi connectivity index (χ0) is 16.7. The van der Waals surface area contributed by atoms with E-state index in [0.29, 0.717) is 25.7 Å². The molecule has 0 aliphatic carbocycles. The van der Waals surface area contributed by atoms with Gasteiger partial charge in [-0.1, -0.05) is 0 Å². The molecule has 1 aromatic heterocycles. The molecule has 0 aromatic carbocycles. The molecule has 1 amide bonds. The van der Waals surface area contributed by atoms with Gasteiger partial charge in [0, 0.05) is 38.4 Å². The van der Waals surface area contributed by atoms with Crippen LogP contribution < -0.4 is 10.2 Å². The van der Waals surface area contributed by atoms with Crippen molar-refractivity contribution in [3.05, 3.63) is 12.3 Å². The third-order valence-corrected chi connectivity index (χ3v) is 4.06. The molecule has 1 saturated heterocycles. The van der Waals surface area contributed by atoms with Crippen LogP contribution in [0.4, 0.5) is 16.6 Å². The number of hydrogen-bond acceptors (Lipinski definition) is 6. The minimum Gasteiger partial charge on any atom is -0.450 e. The Labute approximate surface area is 138 Å². The van der Waals surface area contributed by atoms with E-state index in [1.165, 1.54) is 0 Å². The molecule has 23 heavy (non-hydrogen) atoms. The smallest absolute Gasteiger partial charge is 0.409 e. The van der Waals surface area contributed by atoms with Gasteiger partial charge < -0.3 is 19.9 Å². The summed E-state index contributed by atoms with van der Waals surface area (Å²) in [5, 5.41) is 3.46. The van der Waals surface area contributed by atoms with Gasteiger partial charge in [0.15, 0.2) is 0 Å². The van der Waals surface area contributed by atoms with Crippen molar-refractivity contribution in [3.63, 3.8) is 0 Å². The fourth-order valence-electron chi connectivity index (χ4n) is 2.72. The van der Waals surface area contributed by atoms with Gasteiger partial charge in [-0.05, 0) is 39.7 Å². The second-order valence-electron chi connectivity index (χ2n) is 5.52. The molecule has 0 spiro atoms. The summed E-state index contributed by atoms with van der Waals surface area (Å²) in [5.74, 6) is 1.60. The molecule has 128 valence electrons. The van der Waals surface area contributed by atoms with Crippen molar-refractivity contribution in [3.8, 4) is 0 Å². The summed E-state index contributed by atoms with van der Waals surface area (Å²) in [7, 11) is 0. The first kappa shape index (κ1) is 17.3. The predicted molar refractivity (Wildman–Crippen MR) is 90.8 cm³/mol. The summed E-state index contributed by atoms with van der Waals surface area (Å²) in [6.45, 7) is 9.64. The maximum Gasteiger partial charge on any atom is 0.409 e. The average Bonchev–Trinajstić information content (AvgIpc) is 2.57. The Hall–Kier alpha value is -2.05. The lowest BCUT2D eigenvalue weighted by Crippen LogP contribution is -2.42. The van der Waals surface area contributed by atoms with Gasteiger partial charge in [0.25, 0.3) is 0 Å². The number of aromatic nitrogens is 2. The Balaban J connectivity index is 1.89. The minimum atomic E-state index is -0.211. The number of likely N-dealkylation sites (tertiary alicyclic amines) is 1. The summed E-state index contributed by atoms with van der Waals surface area (Å²) < 4.78 is 5.04. The van der Waals surface area contributed by atoms with Crippen molar-refractivity contribution in [1.29, 1.82) is 0 Å². The van der Waals surface area contributed by atoms with E-state index < -0.39 is 0 Å². The molecule has 0 saturated carbocycles. The Bertz CT molecular complexity index is 499. The summed E-state index contributed by atoms with van der Waals surface area (Å²) in [6.07, 6.45) is 3.36. The minimum absolute atomic E-state index is 0.211. The fraction of sp³-hybridized carbons (Fsp3) is 0.688. The third-order valence-electron chi connectivity index (χ3n) is 4.06. The van der Waals surface area contributed by atoms with Gasteiger partial charge in [0.05, 0.1) is 6.61 Å². The summed E-state index contributed by atoms with van der Waals surface area (Å²) >= 11 is 0. The highest BCUT2D eigenvalue weighted by Crippen LogP contribution is 2.17. The molecular formula is C16H27N5O2. The number of ether oxygens (including phenoxy) is 1. The number of carbonyl (C=O) groups excluding carboxylic acids is 1. The SMILES string of the molecule is CCOC(=O)N1CCC(Nc2ccnc(N(CC)CC)n2)CC1. The van der Waals surface area contributed by atoms with Crippen molar-refractivity contribution in [2.24, 2.45) is 0 Å². The molecule has 1 N–H and O–H groups in total. The highest BCUT2D eigenvalue weighted by atomic mass is 16.6. The monoisotopic (exact) mass is 321 g/mol. The first-order chi connectivity index (χ1) is 11.2. The molecule has 7 heteroatoms. The van der Waals surface area contributed by atoms with Gasteiger partial charge in [0.1, 0.15) is 5.82 Å². The lowest BCUT2D eigenvalue weighted by atomic mass is 10.1. The zero-order valence-electron chi connectivity index (χ0n) is 14.3. The lowest BCUT2D eigenvalue weighted by Gasteiger charge is -2.32. The van der Waals surface area contributed by atoms with Gasteiger partial charge in [-0.3, -0.25) is 0 Å². The molecule has 0 unspecified atom stereocenters. The van der Waals surface area contributed by atoms with Crippen molar-refractivity contribution in [1.82, 2.24) is 14.9 Å². The van der Waals surface area contributed by atoms with Crippen LogP contribution in [0.25, 0.3) is 0 Å². The molecule has 1 aliphatic heterocycles. The number of amides is 1. The average molecular weight is 321 g/mol. The van der Waals surface area contributed by atoms with Crippen LogP contribution in [0.15, 0.2) is 12.3 Å². The standard InChI is InChI=1S/C16H27N5O2/c1-4-20(5-2)15-17-10-7-14(19-15)18-13-8-11-21(12-9-13)16(22)23-6-3/h7,10,13H,4-6,8-9,11-12H2,1-3H3,(H,17,18,19). The van der Waals surface area contributed by atoms with E-state index >= 15 is 0 Å². The first-order valence-corrected chi connectivity index (χ1v) is 8.44. The number of hydrogen-bond donors (Lipinski definition) is 1. The number of piperidine rings is 1. The number of rotatable bonds is 6. The van der Waals surface area contributed by atoms with Crippen LogP contribution >= 0.6 is 0 Å². The van der Waals surface area contributed by atoms with Crippen molar-refractivity contribution < 1.29 is 9.53 Å². The summed E-state index contributed by atoms with van der Waals surface area (Å²) in [5.41, 5.74) is 0. The highest BCUT2D eigenvalue weighted by molar-refractivity contribution is 5.67. The van der Waals surface area contributed by atoms with E-state index in [2.05, 4.69) is 34.0 Å². The number of nitrogens with one attached hydrogen (secondary N) is 1. The molecule has 1 aliphatic rings. The van der Waals surface area contributed by atoms with Crippen LogP contribution in [-0.4, -0.2) is 59.8 Å². The molecule has 0 atom stereocenters. The predicted octanol–water partition coefficient (Wildman–Crippen LogP) is 2.36. The largest absolute Gasteiger partial charge is 0.450 e. The van der Waals surface area contributed by atoms with Crippen LogP contribution in [0, 0.1) is 0 Å². The van der Waals surface area contributed by atoms with Crippen molar-refractivity contribution in [2.45, 2.75) is 39.7 Å². The van der Waals surface area contributed by atoms with E-state index in [4.69, 9.17) is 4.74 Å². The van der Waals surface area contributed by atoms with Crippen LogP contribution in [-0.2, 0) is 4.74 Å². The topological polar surface area (TPSA) is 70.6 Å². The Morgan fingerprint density at radius 1 is 1.35 bits per heavy atom. The quantitative estimate of drug-likeness (QED) is 0.867. The van der Waals surface area contributed by atoms with E-state index in [-0.39, 0.29) is 6.09 Å². The van der Waals surface area contributed by atoms with Gasteiger partial charge in [-0.25, -0.2) is 9.78 Å².